The van der Waals surface area contributed by atoms with Gasteiger partial charge in [0.05, 0.1) is 9.79 Å². The minimum Gasteiger partial charge on any atom is -0.445 e. The number of carbonyl (C=O) groups excluding carboxylic acids is 2. The van der Waals surface area contributed by atoms with Crippen molar-refractivity contribution >= 4 is 27.5 Å². The number of sulfone groups is 1. The van der Waals surface area contributed by atoms with E-state index in [9.17, 15) is 18.0 Å². The van der Waals surface area contributed by atoms with Gasteiger partial charge in [0.1, 0.15) is 12.6 Å². The molecule has 0 aromatic heterocycles. The van der Waals surface area contributed by atoms with Crippen LogP contribution in [-0.4, -0.2) is 37.9 Å². The minimum atomic E-state index is -3.71. The number of carbonyl (C=O) groups is 2. The number of rotatable bonds is 6. The molecule has 2 amide bonds. The number of hydrogen-bond acceptors (Lipinski definition) is 5. The Balaban J connectivity index is 1.43. The molecule has 0 saturated carbocycles. The summed E-state index contributed by atoms with van der Waals surface area (Å²) in [6, 6.07) is 22.9. The van der Waals surface area contributed by atoms with Crippen molar-refractivity contribution in [2.45, 2.75) is 35.3 Å². The second kappa shape index (κ2) is 9.87. The Morgan fingerprint density at radius 3 is 2.30 bits per heavy atom. The quantitative estimate of drug-likeness (QED) is 0.588. The van der Waals surface area contributed by atoms with E-state index in [1.807, 2.05) is 30.3 Å². The zero-order valence-electron chi connectivity index (χ0n) is 17.9. The van der Waals surface area contributed by atoms with Crippen LogP contribution in [0.1, 0.15) is 18.4 Å². The fraction of sp³-hybridized carbons (Fsp3) is 0.200. The SMILES string of the molecule is O=C(Nc1cccc(S(=O)(=O)c2ccccc2)c1)[C@@H]1CCCN1C(=O)OCc1ccccc1. The van der Waals surface area contributed by atoms with Crippen molar-refractivity contribution in [3.8, 4) is 0 Å². The average Bonchev–Trinajstić information content (AvgIpc) is 3.34. The van der Waals surface area contributed by atoms with Crippen LogP contribution < -0.4 is 5.32 Å². The van der Waals surface area contributed by atoms with Crippen LogP contribution in [0.3, 0.4) is 0 Å². The summed E-state index contributed by atoms with van der Waals surface area (Å²) < 4.78 is 31.1. The summed E-state index contributed by atoms with van der Waals surface area (Å²) >= 11 is 0. The average molecular weight is 465 g/mol. The molecule has 8 heteroatoms. The molecule has 1 saturated heterocycles. The molecule has 1 N–H and O–H groups in total. The van der Waals surface area contributed by atoms with E-state index in [0.29, 0.717) is 25.1 Å². The van der Waals surface area contributed by atoms with Crippen LogP contribution in [0, 0.1) is 0 Å². The van der Waals surface area contributed by atoms with Gasteiger partial charge in [0.25, 0.3) is 0 Å². The van der Waals surface area contributed by atoms with Gasteiger partial charge in [0, 0.05) is 12.2 Å². The van der Waals surface area contributed by atoms with Gasteiger partial charge < -0.3 is 10.1 Å². The molecule has 1 aliphatic heterocycles. The lowest BCUT2D eigenvalue weighted by Crippen LogP contribution is -2.43. The number of amides is 2. The standard InChI is InChI=1S/C25H24N2O5S/c28-24(23-15-8-16-27(23)25(29)32-18-19-9-3-1-4-10-19)26-20-11-7-14-22(17-20)33(30,31)21-12-5-2-6-13-21/h1-7,9-14,17,23H,8,15-16,18H2,(H,26,28)/t23-/m0/s1. The summed E-state index contributed by atoms with van der Waals surface area (Å²) in [5, 5.41) is 2.75. The Labute approximate surface area is 192 Å². The largest absolute Gasteiger partial charge is 0.445 e. The highest BCUT2D eigenvalue weighted by Crippen LogP contribution is 2.25. The van der Waals surface area contributed by atoms with Crippen LogP contribution in [0.15, 0.2) is 94.7 Å². The van der Waals surface area contributed by atoms with Gasteiger partial charge >= 0.3 is 6.09 Å². The van der Waals surface area contributed by atoms with Crippen LogP contribution in [0.25, 0.3) is 0 Å². The normalized spacial score (nSPS) is 15.8. The van der Waals surface area contributed by atoms with E-state index in [0.717, 1.165) is 5.56 Å². The molecule has 1 heterocycles. The van der Waals surface area contributed by atoms with Crippen molar-refractivity contribution in [2.75, 3.05) is 11.9 Å². The van der Waals surface area contributed by atoms with E-state index in [4.69, 9.17) is 4.74 Å². The van der Waals surface area contributed by atoms with Gasteiger partial charge in [-0.2, -0.15) is 0 Å². The third-order valence-corrected chi connectivity index (χ3v) is 7.23. The van der Waals surface area contributed by atoms with Gasteiger partial charge in [-0.3, -0.25) is 9.69 Å². The zero-order valence-corrected chi connectivity index (χ0v) is 18.7. The fourth-order valence-corrected chi connectivity index (χ4v) is 5.09. The van der Waals surface area contributed by atoms with E-state index in [1.165, 1.54) is 29.2 Å². The van der Waals surface area contributed by atoms with Crippen molar-refractivity contribution in [2.24, 2.45) is 0 Å². The molecular formula is C25H24N2O5S. The number of likely N-dealkylation sites (tertiary alicyclic amines) is 1. The molecule has 1 fully saturated rings. The topological polar surface area (TPSA) is 92.8 Å². The maximum atomic E-state index is 12.9. The highest BCUT2D eigenvalue weighted by Gasteiger charge is 2.35. The Bertz CT molecular complexity index is 1230. The summed E-state index contributed by atoms with van der Waals surface area (Å²) in [5.74, 6) is -0.376. The predicted molar refractivity (Wildman–Crippen MR) is 123 cm³/mol. The van der Waals surface area contributed by atoms with Crippen molar-refractivity contribution in [1.82, 2.24) is 4.90 Å². The van der Waals surface area contributed by atoms with Gasteiger partial charge in [-0.25, -0.2) is 13.2 Å². The molecule has 0 spiro atoms. The Hall–Kier alpha value is -3.65. The predicted octanol–water partition coefficient (Wildman–Crippen LogP) is 4.26. The van der Waals surface area contributed by atoms with Crippen LogP contribution in [-0.2, 0) is 26.0 Å². The maximum absolute atomic E-state index is 12.9. The summed E-state index contributed by atoms with van der Waals surface area (Å²) in [7, 11) is -3.71. The Morgan fingerprint density at radius 2 is 1.58 bits per heavy atom. The monoisotopic (exact) mass is 464 g/mol. The molecule has 0 radical (unpaired) electrons. The molecule has 170 valence electrons. The lowest BCUT2D eigenvalue weighted by molar-refractivity contribution is -0.120. The van der Waals surface area contributed by atoms with Crippen LogP contribution in [0.4, 0.5) is 10.5 Å². The molecule has 3 aromatic rings. The molecule has 1 aliphatic rings. The van der Waals surface area contributed by atoms with Crippen LogP contribution >= 0.6 is 0 Å². The highest BCUT2D eigenvalue weighted by atomic mass is 32.2. The molecule has 3 aromatic carbocycles. The number of anilines is 1. The first-order valence-corrected chi connectivity index (χ1v) is 12.1. The van der Waals surface area contributed by atoms with Crippen molar-refractivity contribution in [3.63, 3.8) is 0 Å². The first-order valence-electron chi connectivity index (χ1n) is 10.6. The minimum absolute atomic E-state index is 0.0806. The van der Waals surface area contributed by atoms with Gasteiger partial charge in [-0.1, -0.05) is 54.6 Å². The maximum Gasteiger partial charge on any atom is 0.410 e. The Kier molecular flexibility index (Phi) is 6.74. The number of nitrogens with one attached hydrogen (secondary N) is 1. The molecular weight excluding hydrogens is 440 g/mol. The number of benzene rings is 3. The third kappa shape index (κ3) is 5.23. The highest BCUT2D eigenvalue weighted by molar-refractivity contribution is 7.91. The van der Waals surface area contributed by atoms with Crippen molar-refractivity contribution < 1.29 is 22.7 Å². The van der Waals surface area contributed by atoms with Gasteiger partial charge in [0.15, 0.2) is 0 Å². The molecule has 0 bridgehead atoms. The van der Waals surface area contributed by atoms with Crippen molar-refractivity contribution in [1.29, 1.82) is 0 Å². The molecule has 1 atom stereocenters. The van der Waals surface area contributed by atoms with E-state index in [1.54, 1.807) is 30.3 Å². The molecule has 0 aliphatic carbocycles. The molecule has 7 nitrogen and oxygen atoms in total. The van der Waals surface area contributed by atoms with Crippen molar-refractivity contribution in [3.05, 3.63) is 90.5 Å². The lowest BCUT2D eigenvalue weighted by Gasteiger charge is -2.23. The van der Waals surface area contributed by atoms with Gasteiger partial charge in [0.2, 0.25) is 15.7 Å². The summed E-state index contributed by atoms with van der Waals surface area (Å²) in [4.78, 5) is 27.2. The summed E-state index contributed by atoms with van der Waals surface area (Å²) in [5.41, 5.74) is 1.21. The number of ether oxygens (including phenoxy) is 1. The summed E-state index contributed by atoms with van der Waals surface area (Å²) in [6.07, 6.45) is 0.645. The first kappa shape index (κ1) is 22.5. The first-order chi connectivity index (χ1) is 15.9. The number of nitrogens with zero attached hydrogens (tertiary/aromatic N) is 1. The van der Waals surface area contributed by atoms with E-state index >= 15 is 0 Å². The smallest absolute Gasteiger partial charge is 0.410 e. The summed E-state index contributed by atoms with van der Waals surface area (Å²) in [6.45, 7) is 0.554. The Morgan fingerprint density at radius 1 is 0.909 bits per heavy atom. The molecule has 33 heavy (non-hydrogen) atoms. The van der Waals surface area contributed by atoms with Gasteiger partial charge in [-0.05, 0) is 48.7 Å². The molecule has 4 rings (SSSR count). The fourth-order valence-electron chi connectivity index (χ4n) is 3.76. The lowest BCUT2D eigenvalue weighted by atomic mass is 10.2. The second-order valence-corrected chi connectivity index (χ2v) is 9.67. The second-order valence-electron chi connectivity index (χ2n) is 7.73. The number of hydrogen-bond donors (Lipinski definition) is 1. The van der Waals surface area contributed by atoms with Crippen LogP contribution in [0.5, 0.6) is 0 Å². The van der Waals surface area contributed by atoms with Gasteiger partial charge in [-0.15, -0.1) is 0 Å². The van der Waals surface area contributed by atoms with E-state index in [2.05, 4.69) is 5.32 Å². The van der Waals surface area contributed by atoms with E-state index < -0.39 is 22.0 Å². The zero-order chi connectivity index (χ0) is 23.3. The third-order valence-electron chi connectivity index (χ3n) is 5.46. The molecule has 0 unspecified atom stereocenters. The van der Waals surface area contributed by atoms with E-state index in [-0.39, 0.29) is 22.3 Å². The van der Waals surface area contributed by atoms with Crippen LogP contribution in [0.2, 0.25) is 0 Å².